The first-order valence-electron chi connectivity index (χ1n) is 8.91. The fourth-order valence-corrected chi connectivity index (χ4v) is 3.81. The number of anilines is 3. The molecule has 5 heteroatoms. The fraction of sp³-hybridized carbons (Fsp3) is 0.238. The highest BCUT2D eigenvalue weighted by Gasteiger charge is 2.32. The van der Waals surface area contributed by atoms with Crippen molar-refractivity contribution in [2.24, 2.45) is 0 Å². The molecule has 1 aromatic carbocycles. The summed E-state index contributed by atoms with van der Waals surface area (Å²) in [5, 5.41) is 2.15. The van der Waals surface area contributed by atoms with Gasteiger partial charge in [0.15, 0.2) is 11.4 Å². The Hall–Kier alpha value is -3.08. The molecule has 0 N–H and O–H groups in total. The zero-order valence-electron chi connectivity index (χ0n) is 15.1. The lowest BCUT2D eigenvalue weighted by molar-refractivity contribution is 0.651. The quantitative estimate of drug-likeness (QED) is 0.511. The van der Waals surface area contributed by atoms with E-state index in [1.54, 1.807) is 6.20 Å². The van der Waals surface area contributed by atoms with Gasteiger partial charge in [0.1, 0.15) is 0 Å². The van der Waals surface area contributed by atoms with Crippen molar-refractivity contribution in [3.63, 3.8) is 0 Å². The van der Waals surface area contributed by atoms with Gasteiger partial charge in [0, 0.05) is 29.2 Å². The van der Waals surface area contributed by atoms with Gasteiger partial charge in [-0.3, -0.25) is 0 Å². The molecule has 0 radical (unpaired) electrons. The number of hydrogen-bond acceptors (Lipinski definition) is 5. The molecule has 4 heterocycles. The molecule has 0 saturated heterocycles. The molecule has 0 unspecified atom stereocenters. The lowest BCUT2D eigenvalue weighted by Crippen LogP contribution is -2.34. The van der Waals surface area contributed by atoms with E-state index in [1.807, 2.05) is 18.3 Å². The van der Waals surface area contributed by atoms with Crippen LogP contribution in [0.2, 0.25) is 0 Å². The summed E-state index contributed by atoms with van der Waals surface area (Å²) < 4.78 is 6.20. The van der Waals surface area contributed by atoms with Crippen LogP contribution in [0, 0.1) is 6.92 Å². The van der Waals surface area contributed by atoms with E-state index >= 15 is 0 Å². The average Bonchev–Trinajstić information content (AvgIpc) is 3.20. The summed E-state index contributed by atoms with van der Waals surface area (Å²) in [7, 11) is 0. The first-order chi connectivity index (χ1) is 12.6. The molecule has 3 aromatic heterocycles. The van der Waals surface area contributed by atoms with Crippen molar-refractivity contribution >= 4 is 39.3 Å². The average molecular weight is 344 g/mol. The number of aromatic nitrogens is 2. The predicted molar refractivity (Wildman–Crippen MR) is 105 cm³/mol. The van der Waals surface area contributed by atoms with Crippen molar-refractivity contribution in [1.29, 1.82) is 0 Å². The van der Waals surface area contributed by atoms with Crippen molar-refractivity contribution in [2.75, 3.05) is 16.5 Å². The molecule has 4 aromatic rings. The Kier molecular flexibility index (Phi) is 3.19. The molecule has 0 fully saturated rings. The van der Waals surface area contributed by atoms with Crippen LogP contribution in [-0.4, -0.2) is 22.7 Å². The fourth-order valence-electron chi connectivity index (χ4n) is 3.81. The van der Waals surface area contributed by atoms with E-state index in [-0.39, 0.29) is 0 Å². The zero-order chi connectivity index (χ0) is 17.8. The van der Waals surface area contributed by atoms with Gasteiger partial charge < -0.3 is 14.2 Å². The van der Waals surface area contributed by atoms with Crippen LogP contribution in [0.4, 0.5) is 17.2 Å². The SMILES string of the molecule is Cc1ccc2c(oc3ncccc32)c1N1CN(C(C)C)c2ncccc21. The van der Waals surface area contributed by atoms with Gasteiger partial charge in [-0.15, -0.1) is 0 Å². The van der Waals surface area contributed by atoms with Gasteiger partial charge in [-0.05, 0) is 50.6 Å². The molecule has 1 aliphatic rings. The maximum atomic E-state index is 6.20. The van der Waals surface area contributed by atoms with Crippen molar-refractivity contribution in [2.45, 2.75) is 26.8 Å². The van der Waals surface area contributed by atoms with Crippen LogP contribution in [0.5, 0.6) is 0 Å². The van der Waals surface area contributed by atoms with Crippen molar-refractivity contribution < 1.29 is 4.42 Å². The number of benzene rings is 1. The maximum absolute atomic E-state index is 6.20. The van der Waals surface area contributed by atoms with Crippen molar-refractivity contribution in [1.82, 2.24) is 9.97 Å². The highest BCUT2D eigenvalue weighted by Crippen LogP contribution is 2.45. The van der Waals surface area contributed by atoms with Gasteiger partial charge in [0.05, 0.1) is 18.0 Å². The summed E-state index contributed by atoms with van der Waals surface area (Å²) in [6, 6.07) is 12.8. The third kappa shape index (κ3) is 2.03. The van der Waals surface area contributed by atoms with E-state index in [9.17, 15) is 0 Å². The number of rotatable bonds is 2. The van der Waals surface area contributed by atoms with Crippen LogP contribution in [0.3, 0.4) is 0 Å². The van der Waals surface area contributed by atoms with Crippen LogP contribution in [0.25, 0.3) is 22.1 Å². The first-order valence-corrected chi connectivity index (χ1v) is 8.91. The molecule has 5 nitrogen and oxygen atoms in total. The second-order valence-corrected chi connectivity index (χ2v) is 7.05. The molecule has 0 bridgehead atoms. The predicted octanol–water partition coefficient (Wildman–Crippen LogP) is 5.01. The maximum Gasteiger partial charge on any atom is 0.227 e. The highest BCUT2D eigenvalue weighted by molar-refractivity contribution is 6.09. The van der Waals surface area contributed by atoms with E-state index in [2.05, 4.69) is 64.8 Å². The van der Waals surface area contributed by atoms with Gasteiger partial charge in [-0.1, -0.05) is 12.1 Å². The summed E-state index contributed by atoms with van der Waals surface area (Å²) >= 11 is 0. The Balaban J connectivity index is 1.78. The van der Waals surface area contributed by atoms with Crippen LogP contribution < -0.4 is 9.80 Å². The molecule has 0 aliphatic carbocycles. The van der Waals surface area contributed by atoms with Gasteiger partial charge >= 0.3 is 0 Å². The molecule has 1 aliphatic heterocycles. The summed E-state index contributed by atoms with van der Waals surface area (Å²) in [4.78, 5) is 13.6. The number of pyridine rings is 2. The minimum absolute atomic E-state index is 0.366. The van der Waals surface area contributed by atoms with E-state index in [0.29, 0.717) is 11.8 Å². The number of hydrogen-bond donors (Lipinski definition) is 0. The summed E-state index contributed by atoms with van der Waals surface area (Å²) in [5.41, 5.74) is 4.96. The molecule has 0 saturated carbocycles. The van der Waals surface area contributed by atoms with E-state index in [1.165, 1.54) is 5.56 Å². The second-order valence-electron chi connectivity index (χ2n) is 7.05. The van der Waals surface area contributed by atoms with Gasteiger partial charge in [-0.25, -0.2) is 9.97 Å². The summed E-state index contributed by atoms with van der Waals surface area (Å²) in [6.45, 7) is 7.28. The Bertz CT molecular complexity index is 1130. The molecule has 5 rings (SSSR count). The molecular weight excluding hydrogens is 324 g/mol. The van der Waals surface area contributed by atoms with Gasteiger partial charge in [0.25, 0.3) is 0 Å². The Morgan fingerprint density at radius 2 is 1.81 bits per heavy atom. The topological polar surface area (TPSA) is 45.4 Å². The minimum Gasteiger partial charge on any atom is -0.435 e. The normalized spacial score (nSPS) is 14.0. The molecular formula is C21H20N4O. The van der Waals surface area contributed by atoms with Crippen LogP contribution in [-0.2, 0) is 0 Å². The standard InChI is InChI=1S/C21H20N4O/c1-13(2)24-12-25(17-7-5-10-22-20(17)24)18-14(3)8-9-15-16-6-4-11-23-21(16)26-19(15)18/h4-11,13H,12H2,1-3H3. The Morgan fingerprint density at radius 3 is 2.65 bits per heavy atom. The van der Waals surface area contributed by atoms with Gasteiger partial charge in [-0.2, -0.15) is 0 Å². The molecule has 26 heavy (non-hydrogen) atoms. The summed E-state index contributed by atoms with van der Waals surface area (Å²) in [6.07, 6.45) is 3.63. The van der Waals surface area contributed by atoms with Crippen molar-refractivity contribution in [3.8, 4) is 0 Å². The van der Waals surface area contributed by atoms with E-state index in [0.717, 1.165) is 40.2 Å². The van der Waals surface area contributed by atoms with E-state index < -0.39 is 0 Å². The zero-order valence-corrected chi connectivity index (χ0v) is 15.1. The summed E-state index contributed by atoms with van der Waals surface area (Å²) in [5.74, 6) is 1.02. The number of furan rings is 1. The van der Waals surface area contributed by atoms with Crippen molar-refractivity contribution in [3.05, 3.63) is 54.4 Å². The highest BCUT2D eigenvalue weighted by atomic mass is 16.3. The molecule has 0 spiro atoms. The monoisotopic (exact) mass is 344 g/mol. The lowest BCUT2D eigenvalue weighted by atomic mass is 10.1. The van der Waals surface area contributed by atoms with Crippen LogP contribution in [0.1, 0.15) is 19.4 Å². The van der Waals surface area contributed by atoms with Crippen LogP contribution >= 0.6 is 0 Å². The largest absolute Gasteiger partial charge is 0.435 e. The molecule has 0 atom stereocenters. The number of nitrogens with zero attached hydrogens (tertiary/aromatic N) is 4. The smallest absolute Gasteiger partial charge is 0.227 e. The Morgan fingerprint density at radius 1 is 1.00 bits per heavy atom. The molecule has 130 valence electrons. The number of aryl methyl sites for hydroxylation is 1. The first kappa shape index (κ1) is 15.2. The molecule has 0 amide bonds. The van der Waals surface area contributed by atoms with Gasteiger partial charge in [0.2, 0.25) is 5.71 Å². The Labute approximate surface area is 151 Å². The number of fused-ring (bicyclic) bond motifs is 4. The minimum atomic E-state index is 0.366. The third-order valence-electron chi connectivity index (χ3n) is 5.11. The lowest BCUT2D eigenvalue weighted by Gasteiger charge is -2.25. The third-order valence-corrected chi connectivity index (χ3v) is 5.11. The van der Waals surface area contributed by atoms with E-state index in [4.69, 9.17) is 4.42 Å². The van der Waals surface area contributed by atoms with Crippen LogP contribution in [0.15, 0.2) is 53.2 Å². The second kappa shape index (κ2) is 5.46.